The first kappa shape index (κ1) is 13.8. The molecule has 1 aliphatic heterocycles. The number of hydrogen-bond acceptors (Lipinski definition) is 3. The molecule has 0 aromatic heterocycles. The molecule has 1 saturated heterocycles. The van der Waals surface area contributed by atoms with Crippen LogP contribution in [0.15, 0.2) is 18.2 Å². The molecule has 6 heteroatoms. The molecule has 4 nitrogen and oxygen atoms in total. The van der Waals surface area contributed by atoms with Crippen molar-refractivity contribution in [1.29, 1.82) is 0 Å². The van der Waals surface area contributed by atoms with Crippen molar-refractivity contribution >= 4 is 44.0 Å². The zero-order valence-corrected chi connectivity index (χ0v) is 12.9. The van der Waals surface area contributed by atoms with E-state index in [1.165, 1.54) is 0 Å². The van der Waals surface area contributed by atoms with Crippen LogP contribution in [0.4, 0.5) is 5.69 Å². The Morgan fingerprint density at radius 3 is 2.72 bits per heavy atom. The number of hydrogen-bond donors (Lipinski definition) is 1. The molecule has 1 heterocycles. The maximum Gasteiger partial charge on any atom is 0.228 e. The van der Waals surface area contributed by atoms with Crippen molar-refractivity contribution in [3.8, 4) is 0 Å². The average Bonchev–Trinajstić information content (AvgIpc) is 2.64. The van der Waals surface area contributed by atoms with Crippen LogP contribution >= 0.6 is 22.6 Å². The maximum atomic E-state index is 11.9. The number of benzene rings is 1. The van der Waals surface area contributed by atoms with Crippen LogP contribution in [0.2, 0.25) is 0 Å². The van der Waals surface area contributed by atoms with Gasteiger partial charge in [-0.2, -0.15) is 0 Å². The van der Waals surface area contributed by atoms with Crippen LogP contribution in [0.5, 0.6) is 0 Å². The third-order valence-corrected chi connectivity index (χ3v) is 5.97. The van der Waals surface area contributed by atoms with Crippen molar-refractivity contribution in [2.75, 3.05) is 16.8 Å². The normalized spacial score (nSPS) is 21.8. The Balaban J connectivity index is 2.06. The number of amides is 1. The van der Waals surface area contributed by atoms with E-state index in [-0.39, 0.29) is 17.4 Å². The number of anilines is 1. The predicted octanol–water partition coefficient (Wildman–Crippen LogP) is 1.97. The highest BCUT2D eigenvalue weighted by Crippen LogP contribution is 2.22. The smallest absolute Gasteiger partial charge is 0.228 e. The summed E-state index contributed by atoms with van der Waals surface area (Å²) in [5, 5.41) is 2.78. The third-order valence-electron chi connectivity index (χ3n) is 3.04. The van der Waals surface area contributed by atoms with Gasteiger partial charge in [0, 0.05) is 9.26 Å². The molecule has 0 radical (unpaired) electrons. The summed E-state index contributed by atoms with van der Waals surface area (Å²) in [4.78, 5) is 11.9. The minimum absolute atomic E-state index is 0.0260. The Bertz CT molecular complexity index is 583. The Morgan fingerprint density at radius 2 is 2.17 bits per heavy atom. The van der Waals surface area contributed by atoms with Crippen LogP contribution in [0, 0.1) is 16.4 Å². The van der Waals surface area contributed by atoms with Crippen molar-refractivity contribution in [1.82, 2.24) is 0 Å². The summed E-state index contributed by atoms with van der Waals surface area (Å²) in [6, 6.07) is 5.65. The van der Waals surface area contributed by atoms with Gasteiger partial charge in [-0.05, 0) is 53.6 Å². The summed E-state index contributed by atoms with van der Waals surface area (Å²) in [5.74, 6) is -0.511. The highest BCUT2D eigenvalue weighted by Gasteiger charge is 2.32. The highest BCUT2D eigenvalue weighted by molar-refractivity contribution is 14.1. The van der Waals surface area contributed by atoms with Gasteiger partial charge in [0.05, 0.1) is 17.4 Å². The van der Waals surface area contributed by atoms with E-state index in [1.54, 1.807) is 0 Å². The third kappa shape index (κ3) is 3.23. The van der Waals surface area contributed by atoms with E-state index in [9.17, 15) is 13.2 Å². The molecular formula is C12H14INO3S. The molecule has 1 N–H and O–H groups in total. The first-order valence-corrected chi connectivity index (χ1v) is 8.55. The molecule has 1 fully saturated rings. The fraction of sp³-hybridized carbons (Fsp3) is 0.417. The van der Waals surface area contributed by atoms with Gasteiger partial charge in [-0.3, -0.25) is 4.79 Å². The van der Waals surface area contributed by atoms with E-state index in [0.717, 1.165) is 14.8 Å². The minimum atomic E-state index is -3.01. The first-order chi connectivity index (χ1) is 8.37. The van der Waals surface area contributed by atoms with Gasteiger partial charge in [0.15, 0.2) is 9.84 Å². The Labute approximate surface area is 120 Å². The van der Waals surface area contributed by atoms with Gasteiger partial charge in [0.2, 0.25) is 5.91 Å². The number of aryl methyl sites for hydroxylation is 1. The fourth-order valence-corrected chi connectivity index (χ4v) is 4.17. The second-order valence-electron chi connectivity index (χ2n) is 4.55. The largest absolute Gasteiger partial charge is 0.326 e. The van der Waals surface area contributed by atoms with Crippen LogP contribution in [0.1, 0.15) is 12.0 Å². The lowest BCUT2D eigenvalue weighted by atomic mass is 10.1. The molecule has 1 amide bonds. The average molecular weight is 379 g/mol. The summed E-state index contributed by atoms with van der Waals surface area (Å²) in [6.45, 7) is 2.00. The molecule has 0 bridgehead atoms. The topological polar surface area (TPSA) is 63.2 Å². The molecule has 2 rings (SSSR count). The van der Waals surface area contributed by atoms with Crippen LogP contribution in [-0.4, -0.2) is 25.8 Å². The van der Waals surface area contributed by atoms with E-state index < -0.39 is 15.8 Å². The van der Waals surface area contributed by atoms with Crippen molar-refractivity contribution in [2.24, 2.45) is 5.92 Å². The van der Waals surface area contributed by atoms with Crippen molar-refractivity contribution in [2.45, 2.75) is 13.3 Å². The van der Waals surface area contributed by atoms with E-state index in [1.807, 2.05) is 25.1 Å². The molecule has 1 aliphatic rings. The van der Waals surface area contributed by atoms with Gasteiger partial charge in [-0.15, -0.1) is 0 Å². The van der Waals surface area contributed by atoms with Gasteiger partial charge in [-0.1, -0.05) is 6.07 Å². The SMILES string of the molecule is Cc1ccc(NC(=O)C2CCS(=O)(=O)C2)cc1I. The van der Waals surface area contributed by atoms with Crippen LogP contribution < -0.4 is 5.32 Å². The standard InChI is InChI=1S/C12H14INO3S/c1-8-2-3-10(6-11(8)13)14-12(15)9-4-5-18(16,17)7-9/h2-3,6,9H,4-5,7H2,1H3,(H,14,15). The molecule has 1 aromatic rings. The number of carbonyl (C=O) groups is 1. The molecule has 98 valence electrons. The number of sulfone groups is 1. The van der Waals surface area contributed by atoms with E-state index in [2.05, 4.69) is 27.9 Å². The zero-order valence-electron chi connectivity index (χ0n) is 9.94. The van der Waals surface area contributed by atoms with Gasteiger partial charge in [-0.25, -0.2) is 8.42 Å². The molecule has 18 heavy (non-hydrogen) atoms. The summed E-state index contributed by atoms with van der Waals surface area (Å²) in [6.07, 6.45) is 0.428. The Hall–Kier alpha value is -0.630. The van der Waals surface area contributed by atoms with Crippen molar-refractivity contribution in [3.63, 3.8) is 0 Å². The van der Waals surface area contributed by atoms with Crippen LogP contribution in [0.25, 0.3) is 0 Å². The molecule has 1 aromatic carbocycles. The molecule has 1 atom stereocenters. The molecule has 0 spiro atoms. The lowest BCUT2D eigenvalue weighted by molar-refractivity contribution is -0.119. The summed E-state index contributed by atoms with van der Waals surface area (Å²) >= 11 is 2.20. The monoisotopic (exact) mass is 379 g/mol. The highest BCUT2D eigenvalue weighted by atomic mass is 127. The quantitative estimate of drug-likeness (QED) is 0.800. The number of carbonyl (C=O) groups excluding carboxylic acids is 1. The van der Waals surface area contributed by atoms with E-state index in [0.29, 0.717) is 6.42 Å². The Kier molecular flexibility index (Phi) is 3.96. The molecule has 0 saturated carbocycles. The fourth-order valence-electron chi connectivity index (χ4n) is 1.92. The van der Waals surface area contributed by atoms with Crippen molar-refractivity contribution in [3.05, 3.63) is 27.3 Å². The molecule has 0 aliphatic carbocycles. The minimum Gasteiger partial charge on any atom is -0.326 e. The van der Waals surface area contributed by atoms with Gasteiger partial charge in [0.25, 0.3) is 0 Å². The van der Waals surface area contributed by atoms with Crippen LogP contribution in [-0.2, 0) is 14.6 Å². The van der Waals surface area contributed by atoms with Gasteiger partial charge < -0.3 is 5.32 Å². The Morgan fingerprint density at radius 1 is 1.44 bits per heavy atom. The summed E-state index contributed by atoms with van der Waals surface area (Å²) in [7, 11) is -3.01. The van der Waals surface area contributed by atoms with Gasteiger partial charge >= 0.3 is 0 Å². The number of halogens is 1. The lowest BCUT2D eigenvalue weighted by Crippen LogP contribution is -2.23. The van der Waals surface area contributed by atoms with E-state index >= 15 is 0 Å². The number of rotatable bonds is 2. The first-order valence-electron chi connectivity index (χ1n) is 5.65. The van der Waals surface area contributed by atoms with Crippen LogP contribution in [0.3, 0.4) is 0 Å². The summed E-state index contributed by atoms with van der Waals surface area (Å²) in [5.41, 5.74) is 1.87. The molecular weight excluding hydrogens is 365 g/mol. The number of nitrogens with one attached hydrogen (secondary N) is 1. The van der Waals surface area contributed by atoms with Crippen molar-refractivity contribution < 1.29 is 13.2 Å². The lowest BCUT2D eigenvalue weighted by Gasteiger charge is -2.10. The predicted molar refractivity (Wildman–Crippen MR) is 79.3 cm³/mol. The zero-order chi connectivity index (χ0) is 13.3. The van der Waals surface area contributed by atoms with Gasteiger partial charge in [0.1, 0.15) is 0 Å². The van der Waals surface area contributed by atoms with E-state index in [4.69, 9.17) is 0 Å². The summed E-state index contributed by atoms with van der Waals surface area (Å²) < 4.78 is 23.7. The molecule has 1 unspecified atom stereocenters. The second-order valence-corrected chi connectivity index (χ2v) is 7.94. The second kappa shape index (κ2) is 5.16. The maximum absolute atomic E-state index is 11.9.